The van der Waals surface area contributed by atoms with Gasteiger partial charge in [-0.3, -0.25) is 4.84 Å². The van der Waals surface area contributed by atoms with Crippen molar-refractivity contribution >= 4 is 0 Å². The van der Waals surface area contributed by atoms with Crippen LogP contribution in [0.2, 0.25) is 0 Å². The quantitative estimate of drug-likeness (QED) is 0.749. The number of hydrogen-bond donors (Lipinski definition) is 0. The molecule has 4 atom stereocenters. The van der Waals surface area contributed by atoms with Gasteiger partial charge in [-0.25, -0.2) is 0 Å². The highest BCUT2D eigenvalue weighted by Gasteiger charge is 2.57. The van der Waals surface area contributed by atoms with Gasteiger partial charge >= 0.3 is 0 Å². The minimum Gasteiger partial charge on any atom is -0.494 e. The van der Waals surface area contributed by atoms with Crippen LogP contribution in [-0.4, -0.2) is 29.4 Å². The Bertz CT molecular complexity index is 612. The van der Waals surface area contributed by atoms with Gasteiger partial charge in [-0.2, -0.15) is 5.06 Å². The molecule has 1 saturated carbocycles. The third-order valence-corrected chi connectivity index (χ3v) is 6.31. The fourth-order valence-corrected chi connectivity index (χ4v) is 5.32. The lowest BCUT2D eigenvalue weighted by molar-refractivity contribution is -0.215. The minimum absolute atomic E-state index is 0.120. The smallest absolute Gasteiger partial charge is 0.123 e. The van der Waals surface area contributed by atoms with Gasteiger partial charge in [-0.05, 0) is 64.9 Å². The first-order valence-corrected chi connectivity index (χ1v) is 9.89. The molecule has 1 saturated heterocycles. The molecule has 1 aliphatic carbocycles. The molecule has 25 heavy (non-hydrogen) atoms. The first kappa shape index (κ1) is 18.7. The molecule has 1 aliphatic heterocycles. The van der Waals surface area contributed by atoms with Crippen LogP contribution in [0.15, 0.2) is 24.3 Å². The molecule has 140 valence electrons. The van der Waals surface area contributed by atoms with Crippen LogP contribution in [0.5, 0.6) is 5.75 Å². The normalized spacial score (nSPS) is 35.0. The largest absolute Gasteiger partial charge is 0.494 e. The Kier molecular flexibility index (Phi) is 4.93. The molecule has 0 aromatic heterocycles. The van der Waals surface area contributed by atoms with Crippen LogP contribution < -0.4 is 4.74 Å². The Labute approximate surface area is 153 Å². The number of fused-ring (bicyclic) bond motifs is 1. The predicted molar refractivity (Wildman–Crippen MR) is 103 cm³/mol. The fraction of sp³-hybridized carbons (Fsp3) is 0.727. The molecule has 0 amide bonds. The van der Waals surface area contributed by atoms with Crippen molar-refractivity contribution in [1.29, 1.82) is 0 Å². The van der Waals surface area contributed by atoms with E-state index in [0.29, 0.717) is 30.5 Å². The summed E-state index contributed by atoms with van der Waals surface area (Å²) in [6.45, 7) is 16.6. The molecule has 2 aliphatic rings. The molecule has 0 spiro atoms. The van der Waals surface area contributed by atoms with Crippen LogP contribution in [-0.2, 0) is 10.3 Å². The Morgan fingerprint density at radius 3 is 2.52 bits per heavy atom. The van der Waals surface area contributed by atoms with Gasteiger partial charge in [0.25, 0.3) is 0 Å². The lowest BCUT2D eigenvalue weighted by Crippen LogP contribution is -2.50. The Morgan fingerprint density at radius 1 is 1.20 bits per heavy atom. The van der Waals surface area contributed by atoms with E-state index in [4.69, 9.17) is 9.57 Å². The zero-order valence-corrected chi connectivity index (χ0v) is 17.0. The van der Waals surface area contributed by atoms with E-state index >= 15 is 0 Å². The lowest BCUT2D eigenvalue weighted by atomic mass is 9.59. The highest BCUT2D eigenvalue weighted by Crippen LogP contribution is 2.55. The summed E-state index contributed by atoms with van der Waals surface area (Å²) in [5.74, 6) is 2.16. The summed E-state index contributed by atoms with van der Waals surface area (Å²) in [6.07, 6.45) is 2.31. The van der Waals surface area contributed by atoms with E-state index in [0.717, 1.165) is 12.2 Å². The lowest BCUT2D eigenvalue weighted by Gasteiger charge is -2.47. The van der Waals surface area contributed by atoms with Crippen molar-refractivity contribution in [1.82, 2.24) is 5.06 Å². The Hall–Kier alpha value is -1.06. The van der Waals surface area contributed by atoms with E-state index in [1.165, 1.54) is 12.0 Å². The van der Waals surface area contributed by atoms with Crippen LogP contribution >= 0.6 is 0 Å². The summed E-state index contributed by atoms with van der Waals surface area (Å²) in [5, 5.41) is 2.28. The van der Waals surface area contributed by atoms with Gasteiger partial charge in [-0.15, -0.1) is 0 Å². The summed E-state index contributed by atoms with van der Waals surface area (Å²) in [5.41, 5.74) is 1.37. The van der Waals surface area contributed by atoms with Gasteiger partial charge in [0.15, 0.2) is 0 Å². The summed E-state index contributed by atoms with van der Waals surface area (Å²) in [4.78, 5) is 6.44. The van der Waals surface area contributed by atoms with Crippen molar-refractivity contribution in [2.45, 2.75) is 84.4 Å². The van der Waals surface area contributed by atoms with Crippen molar-refractivity contribution in [3.05, 3.63) is 29.8 Å². The molecular weight excluding hydrogens is 310 g/mol. The number of nitrogens with zero attached hydrogens (tertiary/aromatic N) is 1. The molecule has 2 fully saturated rings. The first-order chi connectivity index (χ1) is 11.7. The maximum absolute atomic E-state index is 6.44. The molecule has 1 aromatic rings. The fourth-order valence-electron chi connectivity index (χ4n) is 5.32. The number of para-hydroxylation sites is 1. The summed E-state index contributed by atoms with van der Waals surface area (Å²) in [6, 6.07) is 9.53. The van der Waals surface area contributed by atoms with E-state index in [1.54, 1.807) is 0 Å². The number of rotatable bonds is 4. The number of benzene rings is 1. The van der Waals surface area contributed by atoms with Gasteiger partial charge < -0.3 is 4.74 Å². The molecular formula is C22H35NO2. The zero-order chi connectivity index (χ0) is 18.4. The van der Waals surface area contributed by atoms with Crippen molar-refractivity contribution in [2.24, 2.45) is 11.8 Å². The average Bonchev–Trinajstić information content (AvgIpc) is 2.80. The third kappa shape index (κ3) is 3.21. The summed E-state index contributed by atoms with van der Waals surface area (Å²) in [7, 11) is 0. The highest BCUT2D eigenvalue weighted by atomic mass is 16.7. The number of ether oxygens (including phenoxy) is 1. The molecule has 0 radical (unpaired) electrons. The second-order valence-corrected chi connectivity index (χ2v) is 9.12. The van der Waals surface area contributed by atoms with Crippen LogP contribution in [0.25, 0.3) is 0 Å². The molecule has 0 unspecified atom stereocenters. The standard InChI is InChI=1S/C22H35NO2/c1-8-24-19-12-10-9-11-17(19)22(7)13-16(4)20-18(14-22)21(5,6)25-23(20)15(2)3/h9-12,15-16,18,20H,8,13-14H2,1-7H3/t16-,18+,20+,22+/m0/s1. The molecule has 0 bridgehead atoms. The van der Waals surface area contributed by atoms with Crippen molar-refractivity contribution in [3.8, 4) is 5.75 Å². The van der Waals surface area contributed by atoms with Gasteiger partial charge in [-0.1, -0.05) is 32.0 Å². The number of hydrogen-bond acceptors (Lipinski definition) is 3. The predicted octanol–water partition coefficient (Wildman–Crippen LogP) is 5.19. The Balaban J connectivity index is 1.97. The number of hydroxylamine groups is 2. The van der Waals surface area contributed by atoms with E-state index in [1.807, 2.05) is 0 Å². The molecule has 3 heteroatoms. The van der Waals surface area contributed by atoms with Crippen molar-refractivity contribution < 1.29 is 9.57 Å². The molecule has 0 N–H and O–H groups in total. The molecule has 1 aromatic carbocycles. The van der Waals surface area contributed by atoms with Gasteiger partial charge in [0, 0.05) is 23.6 Å². The van der Waals surface area contributed by atoms with Gasteiger partial charge in [0.1, 0.15) is 5.75 Å². The molecule has 3 rings (SSSR count). The maximum Gasteiger partial charge on any atom is 0.123 e. The summed E-state index contributed by atoms with van der Waals surface area (Å²) >= 11 is 0. The third-order valence-electron chi connectivity index (χ3n) is 6.31. The topological polar surface area (TPSA) is 21.7 Å². The van der Waals surface area contributed by atoms with Crippen LogP contribution in [0.1, 0.15) is 66.9 Å². The monoisotopic (exact) mass is 345 g/mol. The maximum atomic E-state index is 6.44. The minimum atomic E-state index is -0.120. The van der Waals surface area contributed by atoms with Crippen LogP contribution in [0.3, 0.4) is 0 Å². The highest BCUT2D eigenvalue weighted by molar-refractivity contribution is 5.40. The molecule has 1 heterocycles. The van der Waals surface area contributed by atoms with E-state index in [2.05, 4.69) is 77.8 Å². The van der Waals surface area contributed by atoms with Crippen LogP contribution in [0.4, 0.5) is 0 Å². The van der Waals surface area contributed by atoms with Crippen molar-refractivity contribution in [3.63, 3.8) is 0 Å². The van der Waals surface area contributed by atoms with Crippen molar-refractivity contribution in [2.75, 3.05) is 6.61 Å². The van der Waals surface area contributed by atoms with E-state index in [9.17, 15) is 0 Å². The van der Waals surface area contributed by atoms with Gasteiger partial charge in [0.05, 0.1) is 12.2 Å². The first-order valence-electron chi connectivity index (χ1n) is 9.89. The second-order valence-electron chi connectivity index (χ2n) is 9.12. The van der Waals surface area contributed by atoms with E-state index in [-0.39, 0.29) is 11.0 Å². The molecule has 3 nitrogen and oxygen atoms in total. The van der Waals surface area contributed by atoms with E-state index < -0.39 is 0 Å². The Morgan fingerprint density at radius 2 is 1.88 bits per heavy atom. The zero-order valence-electron chi connectivity index (χ0n) is 17.0. The van der Waals surface area contributed by atoms with Crippen LogP contribution in [0, 0.1) is 11.8 Å². The second kappa shape index (κ2) is 6.59. The SMILES string of the molecule is CCOc1ccccc1[C@@]1(C)C[C@@H]2[C@@H]([C@@H](C)C1)N(C(C)C)OC2(C)C. The van der Waals surface area contributed by atoms with Gasteiger partial charge in [0.2, 0.25) is 0 Å². The summed E-state index contributed by atoms with van der Waals surface area (Å²) < 4.78 is 5.97. The average molecular weight is 346 g/mol.